The van der Waals surface area contributed by atoms with Gasteiger partial charge in [0, 0.05) is 13.2 Å². The summed E-state index contributed by atoms with van der Waals surface area (Å²) in [5.74, 6) is 2.73. The number of ether oxygens (including phenoxy) is 5. The highest BCUT2D eigenvalue weighted by Crippen LogP contribution is 2.43. The van der Waals surface area contributed by atoms with Gasteiger partial charge in [0.25, 0.3) is 0 Å². The largest absolute Gasteiger partial charge is 0.493 e. The number of rotatable bonds is 6. The van der Waals surface area contributed by atoms with Crippen LogP contribution >= 0.6 is 0 Å². The van der Waals surface area contributed by atoms with Crippen molar-refractivity contribution in [2.75, 3.05) is 48.2 Å². The van der Waals surface area contributed by atoms with Crippen LogP contribution < -0.4 is 18.9 Å². The molecule has 2 aliphatic rings. The molecular weight excluding hydrogens is 422 g/mol. The summed E-state index contributed by atoms with van der Waals surface area (Å²) in [5, 5.41) is 0. The van der Waals surface area contributed by atoms with E-state index in [0.29, 0.717) is 42.8 Å². The highest BCUT2D eigenvalue weighted by atomic mass is 16.5. The molecule has 0 aliphatic carbocycles. The maximum Gasteiger partial charge on any atom is 0.236 e. The summed E-state index contributed by atoms with van der Waals surface area (Å²) in [4.78, 5) is 16.2. The van der Waals surface area contributed by atoms with Gasteiger partial charge in [0.15, 0.2) is 23.0 Å². The topological polar surface area (TPSA) is 66.5 Å². The molecule has 2 aromatic carbocycles. The fraction of sp³-hybridized carbons (Fsp3) is 0.500. The van der Waals surface area contributed by atoms with Crippen LogP contribution in [0, 0.1) is 0 Å². The first-order chi connectivity index (χ1) is 16.0. The highest BCUT2D eigenvalue weighted by Gasteiger charge is 2.47. The van der Waals surface area contributed by atoms with Gasteiger partial charge in [-0.2, -0.15) is 0 Å². The molecule has 2 aliphatic heterocycles. The van der Waals surface area contributed by atoms with Gasteiger partial charge >= 0.3 is 0 Å². The van der Waals surface area contributed by atoms with Crippen LogP contribution in [0.4, 0.5) is 0 Å². The Morgan fingerprint density at radius 2 is 1.64 bits per heavy atom. The summed E-state index contributed by atoms with van der Waals surface area (Å²) in [6, 6.07) is 9.68. The molecule has 1 amide bonds. The molecule has 1 fully saturated rings. The third kappa shape index (κ3) is 3.99. The van der Waals surface area contributed by atoms with Crippen molar-refractivity contribution in [2.45, 2.75) is 37.6 Å². The number of carbonyl (C=O) groups is 1. The lowest BCUT2D eigenvalue weighted by Crippen LogP contribution is -2.53. The van der Waals surface area contributed by atoms with E-state index in [0.717, 1.165) is 30.4 Å². The van der Waals surface area contributed by atoms with E-state index in [-0.39, 0.29) is 11.9 Å². The molecule has 0 N–H and O–H groups in total. The maximum absolute atomic E-state index is 14.2. The number of amides is 1. The summed E-state index contributed by atoms with van der Waals surface area (Å²) >= 11 is 0. The lowest BCUT2D eigenvalue weighted by Gasteiger charge is -2.44. The fourth-order valence-corrected chi connectivity index (χ4v) is 5.15. The Kier molecular flexibility index (Phi) is 6.70. The summed E-state index contributed by atoms with van der Waals surface area (Å²) in [6.07, 6.45) is 2.31. The molecule has 0 saturated carbocycles. The van der Waals surface area contributed by atoms with E-state index >= 15 is 0 Å². The van der Waals surface area contributed by atoms with Gasteiger partial charge in [-0.1, -0.05) is 6.07 Å². The minimum Gasteiger partial charge on any atom is -0.493 e. The Morgan fingerprint density at radius 3 is 2.27 bits per heavy atom. The van der Waals surface area contributed by atoms with Crippen molar-refractivity contribution in [1.82, 2.24) is 4.90 Å². The number of nitrogens with zero attached hydrogens (tertiary/aromatic N) is 1. The molecule has 4 rings (SSSR count). The van der Waals surface area contributed by atoms with E-state index in [1.54, 1.807) is 28.4 Å². The molecule has 0 aromatic heterocycles. The zero-order valence-corrected chi connectivity index (χ0v) is 20.1. The Hall–Kier alpha value is -2.93. The summed E-state index contributed by atoms with van der Waals surface area (Å²) in [6.45, 7) is 3.73. The molecule has 33 heavy (non-hydrogen) atoms. The molecule has 0 unspecified atom stereocenters. The van der Waals surface area contributed by atoms with E-state index in [9.17, 15) is 4.79 Å². The van der Waals surface area contributed by atoms with Gasteiger partial charge in [0.05, 0.1) is 46.5 Å². The normalized spacial score (nSPS) is 22.3. The standard InChI is InChI=1S/C26H33NO6/c1-17-20-15-24(32-5)22(30-3)13-18(20)9-11-27(17)25(28)26(10-6-12-33-16-26)19-7-8-21(29-2)23(14-19)31-4/h7-8,13-15,17H,6,9-12,16H2,1-5H3/t17-,26+/m1/s1. The first kappa shape index (κ1) is 23.2. The monoisotopic (exact) mass is 455 g/mol. The molecule has 178 valence electrons. The Labute approximate surface area is 195 Å². The van der Waals surface area contributed by atoms with Crippen LogP contribution in [0.1, 0.15) is 42.5 Å². The molecule has 2 heterocycles. The average Bonchev–Trinajstić information content (AvgIpc) is 2.87. The van der Waals surface area contributed by atoms with Gasteiger partial charge in [0.2, 0.25) is 5.91 Å². The molecule has 7 nitrogen and oxygen atoms in total. The molecule has 0 bridgehead atoms. The summed E-state index contributed by atoms with van der Waals surface area (Å²) in [5.41, 5.74) is 2.41. The third-order valence-electron chi connectivity index (χ3n) is 7.03. The van der Waals surface area contributed by atoms with Crippen molar-refractivity contribution in [3.05, 3.63) is 47.0 Å². The van der Waals surface area contributed by atoms with E-state index in [4.69, 9.17) is 23.7 Å². The van der Waals surface area contributed by atoms with E-state index in [1.165, 1.54) is 5.56 Å². The van der Waals surface area contributed by atoms with Crippen LogP contribution in [0.15, 0.2) is 30.3 Å². The molecule has 2 aromatic rings. The van der Waals surface area contributed by atoms with Crippen molar-refractivity contribution < 1.29 is 28.5 Å². The molecule has 2 atom stereocenters. The first-order valence-electron chi connectivity index (χ1n) is 11.3. The summed E-state index contributed by atoms with van der Waals surface area (Å²) in [7, 11) is 6.49. The predicted molar refractivity (Wildman–Crippen MR) is 125 cm³/mol. The number of fused-ring (bicyclic) bond motifs is 1. The molecular formula is C26H33NO6. The number of benzene rings is 2. The zero-order chi connectivity index (χ0) is 23.6. The smallest absolute Gasteiger partial charge is 0.236 e. The van der Waals surface area contributed by atoms with Gasteiger partial charge < -0.3 is 28.6 Å². The molecule has 0 radical (unpaired) electrons. The van der Waals surface area contributed by atoms with Crippen LogP contribution in [0.25, 0.3) is 0 Å². The average molecular weight is 456 g/mol. The quantitative estimate of drug-likeness (QED) is 0.658. The second-order valence-electron chi connectivity index (χ2n) is 8.64. The third-order valence-corrected chi connectivity index (χ3v) is 7.03. The Morgan fingerprint density at radius 1 is 0.970 bits per heavy atom. The number of hydrogen-bond acceptors (Lipinski definition) is 6. The van der Waals surface area contributed by atoms with Crippen molar-refractivity contribution in [3.63, 3.8) is 0 Å². The van der Waals surface area contributed by atoms with Crippen molar-refractivity contribution in [2.24, 2.45) is 0 Å². The minimum absolute atomic E-state index is 0.0855. The first-order valence-corrected chi connectivity index (χ1v) is 11.3. The van der Waals surface area contributed by atoms with E-state index < -0.39 is 5.41 Å². The van der Waals surface area contributed by atoms with Crippen molar-refractivity contribution in [3.8, 4) is 23.0 Å². The van der Waals surface area contributed by atoms with Crippen LogP contribution in [0.5, 0.6) is 23.0 Å². The Balaban J connectivity index is 1.73. The highest BCUT2D eigenvalue weighted by molar-refractivity contribution is 5.89. The van der Waals surface area contributed by atoms with Crippen LogP contribution in [0.3, 0.4) is 0 Å². The lowest BCUT2D eigenvalue weighted by atomic mass is 9.74. The number of hydrogen-bond donors (Lipinski definition) is 0. The van der Waals surface area contributed by atoms with E-state index in [2.05, 4.69) is 6.92 Å². The van der Waals surface area contributed by atoms with Gasteiger partial charge in [-0.05, 0) is 67.1 Å². The maximum atomic E-state index is 14.2. The van der Waals surface area contributed by atoms with Crippen molar-refractivity contribution >= 4 is 5.91 Å². The molecule has 0 spiro atoms. The van der Waals surface area contributed by atoms with Gasteiger partial charge in [-0.15, -0.1) is 0 Å². The minimum atomic E-state index is -0.764. The summed E-state index contributed by atoms with van der Waals surface area (Å²) < 4.78 is 27.8. The predicted octanol–water partition coefficient (Wildman–Crippen LogP) is 3.92. The van der Waals surface area contributed by atoms with Crippen molar-refractivity contribution in [1.29, 1.82) is 0 Å². The fourth-order valence-electron chi connectivity index (χ4n) is 5.15. The molecule has 1 saturated heterocycles. The van der Waals surface area contributed by atoms with Gasteiger partial charge in [-0.25, -0.2) is 0 Å². The lowest BCUT2D eigenvalue weighted by molar-refractivity contribution is -0.145. The van der Waals surface area contributed by atoms with Crippen LogP contribution in [-0.4, -0.2) is 59.0 Å². The zero-order valence-electron chi connectivity index (χ0n) is 20.1. The Bertz CT molecular complexity index is 1010. The van der Waals surface area contributed by atoms with E-state index in [1.807, 2.05) is 35.2 Å². The SMILES string of the molecule is COc1ccc([C@]2(C(=O)N3CCc4cc(OC)c(OC)cc4[C@H]3C)CCCOC2)cc1OC. The van der Waals surface area contributed by atoms with Gasteiger partial charge in [0.1, 0.15) is 0 Å². The number of methoxy groups -OCH3 is 4. The van der Waals surface area contributed by atoms with Gasteiger partial charge in [-0.3, -0.25) is 4.79 Å². The number of carbonyl (C=O) groups excluding carboxylic acids is 1. The second kappa shape index (κ2) is 9.51. The second-order valence-corrected chi connectivity index (χ2v) is 8.64. The van der Waals surface area contributed by atoms with Crippen LogP contribution in [-0.2, 0) is 21.4 Å². The molecule has 7 heteroatoms. The van der Waals surface area contributed by atoms with Crippen LogP contribution in [0.2, 0.25) is 0 Å².